The molecule has 0 fully saturated rings. The number of rotatable bonds is 1. The Morgan fingerprint density at radius 1 is 1.20 bits per heavy atom. The Labute approximate surface area is 85.5 Å². The molecule has 0 aliphatic heterocycles. The fourth-order valence-corrected chi connectivity index (χ4v) is 1.61. The van der Waals surface area contributed by atoms with Gasteiger partial charge < -0.3 is 5.84 Å². The van der Waals surface area contributed by atoms with Crippen LogP contribution in [0.5, 0.6) is 0 Å². The van der Waals surface area contributed by atoms with E-state index in [1.165, 1.54) is 0 Å². The van der Waals surface area contributed by atoms with Gasteiger partial charge in [-0.05, 0) is 18.2 Å². The van der Waals surface area contributed by atoms with Crippen molar-refractivity contribution in [3.05, 3.63) is 36.5 Å². The first-order chi connectivity index (χ1) is 7.36. The SMILES string of the molecule is Nn1c(-c2ccn[nH]2)nc2ccccc21. The highest BCUT2D eigenvalue weighted by Crippen LogP contribution is 2.19. The van der Waals surface area contributed by atoms with Gasteiger partial charge in [-0.2, -0.15) is 5.10 Å². The van der Waals surface area contributed by atoms with Crippen molar-refractivity contribution in [1.29, 1.82) is 0 Å². The molecule has 0 saturated heterocycles. The minimum atomic E-state index is 0.689. The van der Waals surface area contributed by atoms with Crippen LogP contribution in [0.25, 0.3) is 22.6 Å². The Bertz CT molecular complexity index is 593. The smallest absolute Gasteiger partial charge is 0.177 e. The van der Waals surface area contributed by atoms with Gasteiger partial charge in [-0.1, -0.05) is 12.1 Å². The van der Waals surface area contributed by atoms with E-state index in [-0.39, 0.29) is 0 Å². The van der Waals surface area contributed by atoms with Gasteiger partial charge in [0.15, 0.2) is 5.82 Å². The summed E-state index contributed by atoms with van der Waals surface area (Å²) >= 11 is 0. The Morgan fingerprint density at radius 2 is 2.07 bits per heavy atom. The normalized spacial score (nSPS) is 10.9. The summed E-state index contributed by atoms with van der Waals surface area (Å²) in [7, 11) is 0. The second kappa shape index (κ2) is 2.84. The Kier molecular flexibility index (Phi) is 1.53. The summed E-state index contributed by atoms with van der Waals surface area (Å²) in [5, 5.41) is 6.72. The van der Waals surface area contributed by atoms with Crippen molar-refractivity contribution < 1.29 is 0 Å². The van der Waals surface area contributed by atoms with Crippen molar-refractivity contribution in [1.82, 2.24) is 19.9 Å². The zero-order chi connectivity index (χ0) is 10.3. The third-order valence-electron chi connectivity index (χ3n) is 2.34. The van der Waals surface area contributed by atoms with Crippen LogP contribution in [0.4, 0.5) is 0 Å². The number of aromatic nitrogens is 4. The summed E-state index contributed by atoms with van der Waals surface area (Å²) in [6.45, 7) is 0. The zero-order valence-electron chi connectivity index (χ0n) is 7.88. The second-order valence-corrected chi connectivity index (χ2v) is 3.26. The lowest BCUT2D eigenvalue weighted by atomic mass is 10.3. The maximum atomic E-state index is 5.94. The summed E-state index contributed by atoms with van der Waals surface area (Å²) in [6, 6.07) is 9.57. The molecule has 0 spiro atoms. The number of aromatic amines is 1. The number of hydrogen-bond donors (Lipinski definition) is 2. The van der Waals surface area contributed by atoms with Crippen LogP contribution in [-0.4, -0.2) is 19.9 Å². The van der Waals surface area contributed by atoms with E-state index in [4.69, 9.17) is 5.84 Å². The average Bonchev–Trinajstić information content (AvgIpc) is 2.87. The molecule has 0 bridgehead atoms. The highest BCUT2D eigenvalue weighted by molar-refractivity contribution is 5.79. The lowest BCUT2D eigenvalue weighted by Gasteiger charge is -1.98. The van der Waals surface area contributed by atoms with Crippen molar-refractivity contribution in [2.75, 3.05) is 5.84 Å². The van der Waals surface area contributed by atoms with Crippen molar-refractivity contribution in [2.45, 2.75) is 0 Å². The first kappa shape index (κ1) is 8.05. The summed E-state index contributed by atoms with van der Waals surface area (Å²) in [6.07, 6.45) is 1.68. The Hall–Kier alpha value is -2.30. The standard InChI is InChI=1S/C10H9N5/c11-15-9-4-2-1-3-7(9)13-10(15)8-5-6-12-14-8/h1-6H,11H2,(H,12,14). The number of imidazole rings is 1. The van der Waals surface area contributed by atoms with Crippen LogP contribution in [-0.2, 0) is 0 Å². The third kappa shape index (κ3) is 1.10. The van der Waals surface area contributed by atoms with Gasteiger partial charge in [0.05, 0.1) is 11.0 Å². The second-order valence-electron chi connectivity index (χ2n) is 3.26. The summed E-state index contributed by atoms with van der Waals surface area (Å²) in [5.41, 5.74) is 2.60. The molecule has 5 nitrogen and oxygen atoms in total. The van der Waals surface area contributed by atoms with Crippen LogP contribution in [0, 0.1) is 0 Å². The number of benzene rings is 1. The monoisotopic (exact) mass is 199 g/mol. The van der Waals surface area contributed by atoms with Crippen LogP contribution >= 0.6 is 0 Å². The molecule has 0 aliphatic carbocycles. The Morgan fingerprint density at radius 3 is 2.80 bits per heavy atom. The van der Waals surface area contributed by atoms with Crippen LogP contribution in [0.3, 0.4) is 0 Å². The number of fused-ring (bicyclic) bond motifs is 1. The lowest BCUT2D eigenvalue weighted by molar-refractivity contribution is 1.01. The van der Waals surface area contributed by atoms with Gasteiger partial charge in [-0.15, -0.1) is 0 Å². The molecule has 0 aliphatic rings. The van der Waals surface area contributed by atoms with Gasteiger partial charge in [-0.25, -0.2) is 9.66 Å². The molecule has 5 heteroatoms. The van der Waals surface area contributed by atoms with Gasteiger partial charge in [0, 0.05) is 6.20 Å². The minimum Gasteiger partial charge on any atom is -0.337 e. The molecule has 0 unspecified atom stereocenters. The largest absolute Gasteiger partial charge is 0.337 e. The molecule has 2 aromatic heterocycles. The minimum absolute atomic E-state index is 0.689. The lowest BCUT2D eigenvalue weighted by Crippen LogP contribution is -2.09. The molecule has 2 heterocycles. The molecular weight excluding hydrogens is 190 g/mol. The van der Waals surface area contributed by atoms with Crippen molar-refractivity contribution in [3.63, 3.8) is 0 Å². The first-order valence-corrected chi connectivity index (χ1v) is 4.58. The van der Waals surface area contributed by atoms with Crippen molar-refractivity contribution >= 4 is 11.0 Å². The molecule has 3 aromatic rings. The molecule has 3 N–H and O–H groups in total. The van der Waals surface area contributed by atoms with E-state index >= 15 is 0 Å². The highest BCUT2D eigenvalue weighted by atomic mass is 15.3. The van der Waals surface area contributed by atoms with E-state index in [2.05, 4.69) is 15.2 Å². The van der Waals surface area contributed by atoms with E-state index in [1.807, 2.05) is 30.3 Å². The molecule has 74 valence electrons. The molecule has 0 saturated carbocycles. The quantitative estimate of drug-likeness (QED) is 0.577. The molecule has 15 heavy (non-hydrogen) atoms. The van der Waals surface area contributed by atoms with E-state index in [1.54, 1.807) is 10.9 Å². The molecule has 1 aromatic carbocycles. The molecule has 3 rings (SSSR count). The maximum Gasteiger partial charge on any atom is 0.177 e. The van der Waals surface area contributed by atoms with E-state index < -0.39 is 0 Å². The van der Waals surface area contributed by atoms with Gasteiger partial charge in [-0.3, -0.25) is 5.10 Å². The fourth-order valence-electron chi connectivity index (χ4n) is 1.61. The summed E-state index contributed by atoms with van der Waals surface area (Å²) < 4.78 is 1.56. The van der Waals surface area contributed by atoms with Crippen molar-refractivity contribution in [3.8, 4) is 11.5 Å². The molecule has 0 radical (unpaired) electrons. The number of nitrogens with two attached hydrogens (primary N) is 1. The van der Waals surface area contributed by atoms with E-state index in [0.29, 0.717) is 5.82 Å². The number of hydrogen-bond acceptors (Lipinski definition) is 3. The van der Waals surface area contributed by atoms with Gasteiger partial charge in [0.25, 0.3) is 0 Å². The predicted octanol–water partition coefficient (Wildman–Crippen LogP) is 1.14. The highest BCUT2D eigenvalue weighted by Gasteiger charge is 2.10. The topological polar surface area (TPSA) is 72.5 Å². The average molecular weight is 199 g/mol. The van der Waals surface area contributed by atoms with Crippen LogP contribution in [0.15, 0.2) is 36.5 Å². The van der Waals surface area contributed by atoms with Gasteiger partial charge in [0.1, 0.15) is 5.69 Å². The van der Waals surface area contributed by atoms with E-state index in [0.717, 1.165) is 16.7 Å². The van der Waals surface area contributed by atoms with Crippen molar-refractivity contribution in [2.24, 2.45) is 0 Å². The third-order valence-corrected chi connectivity index (χ3v) is 2.34. The number of nitrogens with zero attached hydrogens (tertiary/aromatic N) is 3. The van der Waals surface area contributed by atoms with Crippen LogP contribution < -0.4 is 5.84 Å². The first-order valence-electron chi connectivity index (χ1n) is 4.58. The van der Waals surface area contributed by atoms with E-state index in [9.17, 15) is 0 Å². The van der Waals surface area contributed by atoms with Crippen LogP contribution in [0.1, 0.15) is 0 Å². The Balaban J connectivity index is 2.33. The molecular formula is C10H9N5. The maximum absolute atomic E-state index is 5.94. The molecule has 0 atom stereocenters. The number of nitrogen functional groups attached to an aromatic ring is 1. The van der Waals surface area contributed by atoms with Crippen LogP contribution in [0.2, 0.25) is 0 Å². The summed E-state index contributed by atoms with van der Waals surface area (Å²) in [4.78, 5) is 4.42. The zero-order valence-corrected chi connectivity index (χ0v) is 7.88. The fraction of sp³-hybridized carbons (Fsp3) is 0. The number of H-pyrrole nitrogens is 1. The summed E-state index contributed by atoms with van der Waals surface area (Å²) in [5.74, 6) is 6.63. The van der Waals surface area contributed by atoms with Gasteiger partial charge in [0.2, 0.25) is 0 Å². The number of nitrogens with one attached hydrogen (secondary N) is 1. The van der Waals surface area contributed by atoms with Gasteiger partial charge >= 0.3 is 0 Å². The predicted molar refractivity (Wildman–Crippen MR) is 57.5 cm³/mol. The number of para-hydroxylation sites is 2. The molecule has 0 amide bonds.